The Morgan fingerprint density at radius 1 is 1.25 bits per heavy atom. The highest BCUT2D eigenvalue weighted by molar-refractivity contribution is 5.86. The van der Waals surface area contributed by atoms with E-state index in [-0.39, 0.29) is 0 Å². The predicted molar refractivity (Wildman–Crippen MR) is 82.9 cm³/mol. The summed E-state index contributed by atoms with van der Waals surface area (Å²) in [6.45, 7) is 6.65. The number of nitrogens with two attached hydrogens (primary N) is 1. The van der Waals surface area contributed by atoms with E-state index in [4.69, 9.17) is 10.2 Å². The number of benzene rings is 1. The number of rotatable bonds is 3. The number of piperidine rings is 1. The van der Waals surface area contributed by atoms with Gasteiger partial charge in [-0.05, 0) is 30.4 Å². The van der Waals surface area contributed by atoms with Crippen molar-refractivity contribution >= 4 is 22.8 Å². The van der Waals surface area contributed by atoms with Crippen LogP contribution >= 0.6 is 0 Å². The topological polar surface area (TPSA) is 55.3 Å². The van der Waals surface area contributed by atoms with Crippen molar-refractivity contribution in [2.45, 2.75) is 39.5 Å². The van der Waals surface area contributed by atoms with E-state index in [1.807, 2.05) is 18.2 Å². The van der Waals surface area contributed by atoms with E-state index < -0.39 is 0 Å². The Morgan fingerprint density at radius 3 is 2.55 bits per heavy atom. The Hall–Kier alpha value is -1.71. The number of aromatic nitrogens is 1. The van der Waals surface area contributed by atoms with Crippen molar-refractivity contribution in [2.75, 3.05) is 23.7 Å². The van der Waals surface area contributed by atoms with Crippen LogP contribution in [0.25, 0.3) is 11.1 Å². The Bertz CT molecular complexity index is 591. The minimum Gasteiger partial charge on any atom is -0.423 e. The lowest BCUT2D eigenvalue weighted by atomic mass is 9.74. The molecule has 0 unspecified atom stereocenters. The van der Waals surface area contributed by atoms with Crippen LogP contribution in [0.2, 0.25) is 0 Å². The normalized spacial score (nSPS) is 18.6. The van der Waals surface area contributed by atoms with Gasteiger partial charge in [0.2, 0.25) is 0 Å². The molecule has 1 aliphatic heterocycles. The maximum absolute atomic E-state index is 5.94. The monoisotopic (exact) mass is 273 g/mol. The lowest BCUT2D eigenvalue weighted by Gasteiger charge is -2.40. The van der Waals surface area contributed by atoms with Crippen LogP contribution in [0.15, 0.2) is 22.6 Å². The first-order valence-corrected chi connectivity index (χ1v) is 7.57. The number of para-hydroxylation sites is 1. The van der Waals surface area contributed by atoms with E-state index in [2.05, 4.69) is 23.7 Å². The lowest BCUT2D eigenvalue weighted by molar-refractivity contribution is 0.196. The zero-order valence-electron chi connectivity index (χ0n) is 12.4. The van der Waals surface area contributed by atoms with E-state index in [1.54, 1.807) is 0 Å². The second kappa shape index (κ2) is 5.00. The molecule has 20 heavy (non-hydrogen) atoms. The average molecular weight is 273 g/mol. The van der Waals surface area contributed by atoms with E-state index in [9.17, 15) is 0 Å². The first-order valence-electron chi connectivity index (χ1n) is 7.57. The molecule has 4 nitrogen and oxygen atoms in total. The van der Waals surface area contributed by atoms with Crippen molar-refractivity contribution in [2.24, 2.45) is 5.41 Å². The maximum Gasteiger partial charge on any atom is 0.298 e. The predicted octanol–water partition coefficient (Wildman–Crippen LogP) is 3.82. The van der Waals surface area contributed by atoms with Crippen molar-refractivity contribution in [1.29, 1.82) is 0 Å². The van der Waals surface area contributed by atoms with Gasteiger partial charge in [-0.15, -0.1) is 0 Å². The highest BCUT2D eigenvalue weighted by Gasteiger charge is 2.32. The zero-order chi connectivity index (χ0) is 14.2. The summed E-state index contributed by atoms with van der Waals surface area (Å²) in [5.74, 6) is 0. The fraction of sp³-hybridized carbons (Fsp3) is 0.562. The summed E-state index contributed by atoms with van der Waals surface area (Å²) in [5.41, 5.74) is 8.71. The van der Waals surface area contributed by atoms with E-state index in [1.165, 1.54) is 25.7 Å². The number of anilines is 2. The number of nitrogen functional groups attached to an aromatic ring is 1. The van der Waals surface area contributed by atoms with Crippen LogP contribution in [0.4, 0.5) is 11.7 Å². The largest absolute Gasteiger partial charge is 0.423 e. The molecule has 3 rings (SSSR count). The Labute approximate surface area is 120 Å². The van der Waals surface area contributed by atoms with Crippen LogP contribution in [-0.4, -0.2) is 18.1 Å². The number of hydrogen-bond acceptors (Lipinski definition) is 4. The molecule has 1 aliphatic rings. The Balaban J connectivity index is 1.82. The number of nitrogens with zero attached hydrogens (tertiary/aromatic N) is 2. The SMILES string of the molecule is CCC1(CC)CCN(c2nc3c(N)cccc3o2)CC1. The molecule has 1 aromatic carbocycles. The van der Waals surface area contributed by atoms with Gasteiger partial charge in [0, 0.05) is 13.1 Å². The van der Waals surface area contributed by atoms with Gasteiger partial charge in [-0.25, -0.2) is 0 Å². The summed E-state index contributed by atoms with van der Waals surface area (Å²) in [7, 11) is 0. The third-order valence-corrected chi connectivity index (χ3v) is 5.03. The molecule has 2 aromatic rings. The van der Waals surface area contributed by atoms with Crippen LogP contribution in [0.3, 0.4) is 0 Å². The van der Waals surface area contributed by atoms with Gasteiger partial charge < -0.3 is 15.1 Å². The van der Waals surface area contributed by atoms with Crippen LogP contribution in [0.1, 0.15) is 39.5 Å². The van der Waals surface area contributed by atoms with Gasteiger partial charge in [0.15, 0.2) is 5.58 Å². The quantitative estimate of drug-likeness (QED) is 0.864. The van der Waals surface area contributed by atoms with Gasteiger partial charge >= 0.3 is 0 Å². The van der Waals surface area contributed by atoms with Gasteiger partial charge in [0.25, 0.3) is 6.01 Å². The van der Waals surface area contributed by atoms with Crippen molar-refractivity contribution in [3.63, 3.8) is 0 Å². The summed E-state index contributed by atoms with van der Waals surface area (Å²) in [4.78, 5) is 6.82. The first-order chi connectivity index (χ1) is 9.67. The summed E-state index contributed by atoms with van der Waals surface area (Å²) in [5, 5.41) is 0. The summed E-state index contributed by atoms with van der Waals surface area (Å²) >= 11 is 0. The summed E-state index contributed by atoms with van der Waals surface area (Å²) in [6, 6.07) is 6.42. The molecule has 2 N–H and O–H groups in total. The second-order valence-electron chi connectivity index (χ2n) is 5.88. The Kier molecular flexibility index (Phi) is 3.32. The molecule has 1 aromatic heterocycles. The van der Waals surface area contributed by atoms with E-state index in [0.29, 0.717) is 11.1 Å². The Morgan fingerprint density at radius 2 is 1.95 bits per heavy atom. The summed E-state index contributed by atoms with van der Waals surface area (Å²) in [6.07, 6.45) is 4.96. The number of fused-ring (bicyclic) bond motifs is 1. The van der Waals surface area contributed by atoms with Crippen LogP contribution in [-0.2, 0) is 0 Å². The minimum atomic E-state index is 0.515. The number of hydrogen-bond donors (Lipinski definition) is 1. The van der Waals surface area contributed by atoms with Crippen LogP contribution in [0.5, 0.6) is 0 Å². The van der Waals surface area contributed by atoms with Gasteiger partial charge in [0.1, 0.15) is 5.52 Å². The molecule has 0 spiro atoms. The summed E-state index contributed by atoms with van der Waals surface area (Å²) < 4.78 is 5.86. The second-order valence-corrected chi connectivity index (χ2v) is 5.88. The smallest absolute Gasteiger partial charge is 0.298 e. The van der Waals surface area contributed by atoms with Crippen molar-refractivity contribution in [3.05, 3.63) is 18.2 Å². The molecule has 108 valence electrons. The third kappa shape index (κ3) is 2.13. The molecule has 2 heterocycles. The minimum absolute atomic E-state index is 0.515. The highest BCUT2D eigenvalue weighted by Crippen LogP contribution is 2.39. The molecule has 0 bridgehead atoms. The van der Waals surface area contributed by atoms with E-state index >= 15 is 0 Å². The van der Waals surface area contributed by atoms with Crippen molar-refractivity contribution in [1.82, 2.24) is 4.98 Å². The van der Waals surface area contributed by atoms with Gasteiger partial charge in [-0.1, -0.05) is 32.8 Å². The van der Waals surface area contributed by atoms with Gasteiger partial charge in [-0.2, -0.15) is 4.98 Å². The fourth-order valence-electron chi connectivity index (χ4n) is 3.22. The van der Waals surface area contributed by atoms with Crippen molar-refractivity contribution in [3.8, 4) is 0 Å². The van der Waals surface area contributed by atoms with Crippen LogP contribution in [0, 0.1) is 5.41 Å². The van der Waals surface area contributed by atoms with Gasteiger partial charge in [0.05, 0.1) is 5.69 Å². The van der Waals surface area contributed by atoms with E-state index in [0.717, 1.165) is 30.2 Å². The first kappa shape index (κ1) is 13.3. The highest BCUT2D eigenvalue weighted by atomic mass is 16.4. The lowest BCUT2D eigenvalue weighted by Crippen LogP contribution is -2.39. The number of oxazole rings is 1. The molecular formula is C16H23N3O. The third-order valence-electron chi connectivity index (χ3n) is 5.03. The average Bonchev–Trinajstić information content (AvgIpc) is 2.93. The van der Waals surface area contributed by atoms with Crippen LogP contribution < -0.4 is 10.6 Å². The molecule has 0 radical (unpaired) electrons. The fourth-order valence-corrected chi connectivity index (χ4v) is 3.22. The van der Waals surface area contributed by atoms with Gasteiger partial charge in [-0.3, -0.25) is 0 Å². The molecule has 0 saturated carbocycles. The molecule has 1 saturated heterocycles. The van der Waals surface area contributed by atoms with Crippen molar-refractivity contribution < 1.29 is 4.42 Å². The maximum atomic E-state index is 5.94. The molecule has 4 heteroatoms. The standard InChI is InChI=1S/C16H23N3O/c1-3-16(4-2)8-10-19(11-9-16)15-18-14-12(17)6-5-7-13(14)20-15/h5-7H,3-4,8-11,17H2,1-2H3. The molecule has 0 amide bonds. The zero-order valence-corrected chi connectivity index (χ0v) is 12.4. The molecule has 1 fully saturated rings. The molecule has 0 aliphatic carbocycles. The molecular weight excluding hydrogens is 250 g/mol. The molecule has 0 atom stereocenters.